The highest BCUT2D eigenvalue weighted by Crippen LogP contribution is 2.59. The Kier molecular flexibility index (Phi) is 6.36. The van der Waals surface area contributed by atoms with Crippen molar-refractivity contribution in [1.82, 2.24) is 0 Å². The van der Waals surface area contributed by atoms with Crippen molar-refractivity contribution in [3.63, 3.8) is 0 Å². The van der Waals surface area contributed by atoms with Crippen LogP contribution in [0.5, 0.6) is 0 Å². The molecule has 3 aliphatic carbocycles. The van der Waals surface area contributed by atoms with E-state index in [1.54, 1.807) is 0 Å². The first kappa shape index (κ1) is 31.5. The van der Waals surface area contributed by atoms with Gasteiger partial charge in [0.25, 0.3) is 0 Å². The molecule has 56 heavy (non-hydrogen) atoms. The maximum Gasteiger partial charge on any atom is 0.137 e. The number of fused-ring (bicyclic) bond motifs is 15. The van der Waals surface area contributed by atoms with E-state index < -0.39 is 5.41 Å². The summed E-state index contributed by atoms with van der Waals surface area (Å²) in [6.45, 7) is 4.71. The number of para-hydroxylation sites is 1. The Morgan fingerprint density at radius 1 is 0.375 bits per heavy atom. The zero-order valence-electron chi connectivity index (χ0n) is 31.3. The van der Waals surface area contributed by atoms with Crippen LogP contribution >= 0.6 is 0 Å². The molecular weight excluding hydrogens is 679 g/mol. The van der Waals surface area contributed by atoms with E-state index in [0.717, 1.165) is 39.0 Å². The van der Waals surface area contributed by atoms with E-state index >= 15 is 0 Å². The average molecular weight is 716 g/mol. The molecule has 0 fully saturated rings. The first-order valence-electron chi connectivity index (χ1n) is 19.6. The Hall–Kier alpha value is -6.90. The fourth-order valence-corrected chi connectivity index (χ4v) is 10.4. The molecule has 0 saturated carbocycles. The standard InChI is InChI=1S/C54H37NO/c1-53(2)47-20-10-5-15-39(47)41-28-25-37(32-50(41)53)55(38-26-29-43-42-17-7-12-22-51(42)56-52(43)33-38)36-27-30-49-44(31-36)40-16-6-11-21-48(40)54(49)45-18-8-3-13-34(45)23-24-35-14-4-9-19-46(35)54/h3-33H,1-2H3. The summed E-state index contributed by atoms with van der Waals surface area (Å²) in [5, 5.41) is 2.26. The molecule has 9 aromatic rings. The second kappa shape index (κ2) is 11.3. The van der Waals surface area contributed by atoms with Crippen LogP contribution in [0.1, 0.15) is 58.4 Å². The average Bonchev–Trinajstić information content (AvgIpc) is 3.79. The van der Waals surface area contributed by atoms with Crippen molar-refractivity contribution in [3.05, 3.63) is 220 Å². The van der Waals surface area contributed by atoms with Gasteiger partial charge in [-0.05, 0) is 109 Å². The maximum absolute atomic E-state index is 6.51. The Balaban J connectivity index is 1.12. The van der Waals surface area contributed by atoms with Crippen molar-refractivity contribution >= 4 is 51.2 Å². The Morgan fingerprint density at radius 2 is 0.893 bits per heavy atom. The van der Waals surface area contributed by atoms with Crippen LogP contribution < -0.4 is 4.90 Å². The second-order valence-electron chi connectivity index (χ2n) is 16.0. The van der Waals surface area contributed by atoms with E-state index in [4.69, 9.17) is 4.42 Å². The molecule has 1 heterocycles. The van der Waals surface area contributed by atoms with Crippen LogP contribution in [0.4, 0.5) is 17.1 Å². The molecule has 8 aromatic carbocycles. The fourth-order valence-electron chi connectivity index (χ4n) is 10.4. The molecule has 2 nitrogen and oxygen atoms in total. The molecule has 0 saturated heterocycles. The third-order valence-electron chi connectivity index (χ3n) is 12.9. The molecule has 12 rings (SSSR count). The zero-order chi connectivity index (χ0) is 37.2. The topological polar surface area (TPSA) is 16.4 Å². The van der Waals surface area contributed by atoms with Crippen molar-refractivity contribution < 1.29 is 4.42 Å². The quantitative estimate of drug-likeness (QED) is 0.181. The Bertz CT molecular complexity index is 3090. The molecule has 0 N–H and O–H groups in total. The summed E-state index contributed by atoms with van der Waals surface area (Å²) in [5.74, 6) is 0. The van der Waals surface area contributed by atoms with Gasteiger partial charge in [0, 0.05) is 39.3 Å². The number of rotatable bonds is 3. The maximum atomic E-state index is 6.51. The van der Waals surface area contributed by atoms with Gasteiger partial charge < -0.3 is 9.32 Å². The van der Waals surface area contributed by atoms with Gasteiger partial charge in [0.2, 0.25) is 0 Å². The molecule has 1 spiro atoms. The minimum Gasteiger partial charge on any atom is -0.456 e. The third kappa shape index (κ3) is 4.11. The second-order valence-corrected chi connectivity index (χ2v) is 16.0. The lowest BCUT2D eigenvalue weighted by atomic mass is 9.66. The molecule has 0 amide bonds. The summed E-state index contributed by atoms with van der Waals surface area (Å²) in [6.07, 6.45) is 4.59. The summed E-state index contributed by atoms with van der Waals surface area (Å²) in [7, 11) is 0. The van der Waals surface area contributed by atoms with Gasteiger partial charge in [-0.1, -0.05) is 153 Å². The molecule has 0 unspecified atom stereocenters. The largest absolute Gasteiger partial charge is 0.456 e. The van der Waals surface area contributed by atoms with E-state index in [1.807, 2.05) is 6.07 Å². The van der Waals surface area contributed by atoms with E-state index in [0.29, 0.717) is 0 Å². The third-order valence-corrected chi connectivity index (χ3v) is 12.9. The first-order valence-corrected chi connectivity index (χ1v) is 19.6. The van der Waals surface area contributed by atoms with Crippen molar-refractivity contribution in [2.45, 2.75) is 24.7 Å². The van der Waals surface area contributed by atoms with Gasteiger partial charge in [-0.25, -0.2) is 0 Å². The lowest BCUT2D eigenvalue weighted by molar-refractivity contribution is 0.660. The minimum atomic E-state index is -0.470. The molecule has 2 heteroatoms. The van der Waals surface area contributed by atoms with Crippen LogP contribution in [-0.4, -0.2) is 0 Å². The highest BCUT2D eigenvalue weighted by atomic mass is 16.3. The molecule has 0 radical (unpaired) electrons. The predicted molar refractivity (Wildman–Crippen MR) is 232 cm³/mol. The number of hydrogen-bond acceptors (Lipinski definition) is 2. The summed E-state index contributed by atoms with van der Waals surface area (Å²) in [4.78, 5) is 2.43. The molecular formula is C54H37NO. The van der Waals surface area contributed by atoms with E-state index in [-0.39, 0.29) is 5.41 Å². The molecule has 3 aliphatic rings. The van der Waals surface area contributed by atoms with Crippen molar-refractivity contribution in [2.24, 2.45) is 0 Å². The minimum absolute atomic E-state index is 0.131. The highest BCUT2D eigenvalue weighted by Gasteiger charge is 2.48. The van der Waals surface area contributed by atoms with Gasteiger partial charge in [0.05, 0.1) is 5.41 Å². The first-order chi connectivity index (χ1) is 27.5. The Morgan fingerprint density at radius 3 is 1.66 bits per heavy atom. The van der Waals surface area contributed by atoms with Crippen LogP contribution in [0.3, 0.4) is 0 Å². The molecule has 1 aromatic heterocycles. The van der Waals surface area contributed by atoms with E-state index in [2.05, 4.69) is 201 Å². The van der Waals surface area contributed by atoms with Crippen LogP contribution in [0.2, 0.25) is 0 Å². The monoisotopic (exact) mass is 715 g/mol. The lowest BCUT2D eigenvalue weighted by Crippen LogP contribution is -2.29. The molecule has 0 atom stereocenters. The van der Waals surface area contributed by atoms with Crippen LogP contribution in [0.15, 0.2) is 180 Å². The van der Waals surface area contributed by atoms with Gasteiger partial charge in [-0.3, -0.25) is 0 Å². The summed E-state index contributed by atoms with van der Waals surface area (Å²) in [5.41, 5.74) is 20.1. The molecule has 264 valence electrons. The highest BCUT2D eigenvalue weighted by molar-refractivity contribution is 6.06. The number of benzene rings is 8. The lowest BCUT2D eigenvalue weighted by Gasteiger charge is -2.35. The van der Waals surface area contributed by atoms with Crippen LogP contribution in [0.25, 0.3) is 56.3 Å². The van der Waals surface area contributed by atoms with Crippen molar-refractivity contribution in [2.75, 3.05) is 4.90 Å². The number of nitrogens with zero attached hydrogens (tertiary/aromatic N) is 1. The number of hydrogen-bond donors (Lipinski definition) is 0. The molecule has 0 aliphatic heterocycles. The SMILES string of the molecule is CC1(C)c2ccccc2-c2ccc(N(c3ccc4c(c3)-c3ccccc3C43c4ccccc4C=Cc4ccccc43)c3ccc4c(c3)oc3ccccc34)cc21. The van der Waals surface area contributed by atoms with Crippen molar-refractivity contribution in [1.29, 1.82) is 0 Å². The Labute approximate surface area is 326 Å². The fraction of sp³-hybridized carbons (Fsp3) is 0.0741. The van der Waals surface area contributed by atoms with Gasteiger partial charge in [0.1, 0.15) is 11.2 Å². The number of anilines is 3. The predicted octanol–water partition coefficient (Wildman–Crippen LogP) is 14.2. The zero-order valence-corrected chi connectivity index (χ0v) is 31.3. The smallest absolute Gasteiger partial charge is 0.137 e. The summed E-state index contributed by atoms with van der Waals surface area (Å²) < 4.78 is 6.51. The van der Waals surface area contributed by atoms with Gasteiger partial charge in [-0.2, -0.15) is 0 Å². The van der Waals surface area contributed by atoms with E-state index in [1.165, 1.54) is 66.8 Å². The number of furan rings is 1. The molecule has 0 bridgehead atoms. The van der Waals surface area contributed by atoms with Gasteiger partial charge in [-0.15, -0.1) is 0 Å². The summed E-state index contributed by atoms with van der Waals surface area (Å²) >= 11 is 0. The van der Waals surface area contributed by atoms with Crippen LogP contribution in [0, 0.1) is 0 Å². The van der Waals surface area contributed by atoms with Gasteiger partial charge >= 0.3 is 0 Å². The summed E-state index contributed by atoms with van der Waals surface area (Å²) in [6, 6.07) is 65.1. The van der Waals surface area contributed by atoms with E-state index in [9.17, 15) is 0 Å². The van der Waals surface area contributed by atoms with Crippen LogP contribution in [-0.2, 0) is 10.8 Å². The van der Waals surface area contributed by atoms with Crippen molar-refractivity contribution in [3.8, 4) is 22.3 Å². The normalized spacial score (nSPS) is 14.8. The van der Waals surface area contributed by atoms with Gasteiger partial charge in [0.15, 0.2) is 0 Å².